The number of alkyl halides is 6. The first-order valence-corrected chi connectivity index (χ1v) is 4.03. The first-order valence-electron chi connectivity index (χ1n) is 4.03. The van der Waals surface area contributed by atoms with Crippen LogP contribution in [0.5, 0.6) is 0 Å². The van der Waals surface area contributed by atoms with Crippen molar-refractivity contribution in [3.8, 4) is 0 Å². The van der Waals surface area contributed by atoms with E-state index >= 15 is 0 Å². The summed E-state index contributed by atoms with van der Waals surface area (Å²) in [6, 6.07) is 0. The first kappa shape index (κ1) is 14.3. The molecule has 0 aliphatic heterocycles. The fourth-order valence-corrected chi connectivity index (χ4v) is 0.643. The maximum atomic E-state index is 12.6. The molecule has 0 fully saturated rings. The second-order valence-electron chi connectivity index (χ2n) is 2.77. The maximum absolute atomic E-state index is 12.6. The van der Waals surface area contributed by atoms with Gasteiger partial charge in [0.15, 0.2) is 0 Å². The first-order chi connectivity index (χ1) is 6.62. The highest BCUT2D eigenvalue weighted by molar-refractivity contribution is 5.02. The highest BCUT2D eigenvalue weighted by Gasteiger charge is 2.71. The molecule has 0 heterocycles. The van der Waals surface area contributed by atoms with Crippen molar-refractivity contribution < 1.29 is 31.1 Å². The van der Waals surface area contributed by atoms with Crippen molar-refractivity contribution in [1.82, 2.24) is 0 Å². The molecule has 0 aromatic rings. The Balaban J connectivity index is 4.91. The Morgan fingerprint density at radius 2 is 1.60 bits per heavy atom. The van der Waals surface area contributed by atoms with Crippen LogP contribution < -0.4 is 0 Å². The number of hydrogen-bond donors (Lipinski definition) is 0. The quantitative estimate of drug-likeness (QED) is 0.507. The van der Waals surface area contributed by atoms with Crippen LogP contribution in [0.2, 0.25) is 0 Å². The average Bonchev–Trinajstić information content (AvgIpc) is 2.14. The van der Waals surface area contributed by atoms with E-state index in [2.05, 4.69) is 11.3 Å². The second kappa shape index (κ2) is 4.42. The molecular formula is C8H10F6O. The molecule has 0 radical (unpaired) electrons. The number of ether oxygens (including phenoxy) is 1. The lowest BCUT2D eigenvalue weighted by Crippen LogP contribution is -2.54. The zero-order chi connectivity index (χ0) is 12.3. The number of allylic oxidation sites excluding steroid dienone is 1. The topological polar surface area (TPSA) is 9.23 Å². The third-order valence-corrected chi connectivity index (χ3v) is 1.53. The van der Waals surface area contributed by atoms with Crippen molar-refractivity contribution in [2.75, 3.05) is 6.61 Å². The molecule has 0 spiro atoms. The molecule has 15 heavy (non-hydrogen) atoms. The van der Waals surface area contributed by atoms with Crippen LogP contribution in [0, 0.1) is 0 Å². The summed E-state index contributed by atoms with van der Waals surface area (Å²) in [6.07, 6.45) is -5.75. The summed E-state index contributed by atoms with van der Waals surface area (Å²) in [4.78, 5) is 0. The summed E-state index contributed by atoms with van der Waals surface area (Å²) in [6.45, 7) is 3.01. The molecule has 0 aliphatic carbocycles. The molecule has 0 amide bonds. The van der Waals surface area contributed by atoms with Crippen molar-refractivity contribution in [3.63, 3.8) is 0 Å². The third-order valence-electron chi connectivity index (χ3n) is 1.53. The fraction of sp³-hybridized carbons (Fsp3) is 0.750. The van der Waals surface area contributed by atoms with Crippen molar-refractivity contribution in [2.45, 2.75) is 31.3 Å². The van der Waals surface area contributed by atoms with Crippen molar-refractivity contribution >= 4 is 0 Å². The van der Waals surface area contributed by atoms with Crippen LogP contribution >= 0.6 is 0 Å². The van der Waals surface area contributed by atoms with Crippen LogP contribution in [-0.2, 0) is 4.74 Å². The molecule has 0 rings (SSSR count). The monoisotopic (exact) mass is 236 g/mol. The summed E-state index contributed by atoms with van der Waals surface area (Å²) in [5.74, 6) is -10.6. The Morgan fingerprint density at radius 1 is 1.13 bits per heavy atom. The van der Waals surface area contributed by atoms with E-state index < -0.39 is 30.6 Å². The van der Waals surface area contributed by atoms with Gasteiger partial charge in [0, 0.05) is 0 Å². The predicted molar refractivity (Wildman–Crippen MR) is 41.3 cm³/mol. The lowest BCUT2D eigenvalue weighted by atomic mass is 10.1. The smallest absolute Gasteiger partial charge is 0.316 e. The lowest BCUT2D eigenvalue weighted by Gasteiger charge is -2.30. The molecule has 0 aliphatic rings. The van der Waals surface area contributed by atoms with Gasteiger partial charge in [-0.25, -0.2) is 0 Å². The van der Waals surface area contributed by atoms with E-state index in [0.29, 0.717) is 0 Å². The molecule has 0 atom stereocenters. The molecule has 1 nitrogen and oxygen atoms in total. The maximum Gasteiger partial charge on any atom is 0.426 e. The van der Waals surface area contributed by atoms with Gasteiger partial charge in [-0.2, -0.15) is 26.3 Å². The zero-order valence-corrected chi connectivity index (χ0v) is 7.87. The van der Waals surface area contributed by atoms with Gasteiger partial charge >= 0.3 is 18.0 Å². The SMILES string of the molecule is C=CC(F)(F)C(F)(F)C(F)(F)OCCC. The summed E-state index contributed by atoms with van der Waals surface area (Å²) in [5.41, 5.74) is 0. The van der Waals surface area contributed by atoms with Crippen LogP contribution in [0.1, 0.15) is 13.3 Å². The number of hydrogen-bond acceptors (Lipinski definition) is 1. The van der Waals surface area contributed by atoms with Gasteiger partial charge in [0.05, 0.1) is 6.61 Å². The largest absolute Gasteiger partial charge is 0.426 e. The van der Waals surface area contributed by atoms with E-state index in [-0.39, 0.29) is 6.42 Å². The second-order valence-corrected chi connectivity index (χ2v) is 2.77. The van der Waals surface area contributed by atoms with Gasteiger partial charge < -0.3 is 4.74 Å². The van der Waals surface area contributed by atoms with Gasteiger partial charge in [0.25, 0.3) is 0 Å². The summed E-state index contributed by atoms with van der Waals surface area (Å²) in [7, 11) is 0. The molecule has 0 saturated carbocycles. The van der Waals surface area contributed by atoms with Crippen LogP contribution in [-0.4, -0.2) is 24.6 Å². The van der Waals surface area contributed by atoms with Crippen LogP contribution in [0.25, 0.3) is 0 Å². The summed E-state index contributed by atoms with van der Waals surface area (Å²) < 4.78 is 78.6. The van der Waals surface area contributed by atoms with E-state index in [0.717, 1.165) is 0 Å². The average molecular weight is 236 g/mol. The molecular weight excluding hydrogens is 226 g/mol. The van der Waals surface area contributed by atoms with E-state index in [1.54, 1.807) is 0 Å². The summed E-state index contributed by atoms with van der Waals surface area (Å²) in [5, 5.41) is 0. The highest BCUT2D eigenvalue weighted by atomic mass is 19.3. The van der Waals surface area contributed by atoms with E-state index in [1.807, 2.05) is 0 Å². The predicted octanol–water partition coefficient (Wildman–Crippen LogP) is 3.46. The van der Waals surface area contributed by atoms with E-state index in [9.17, 15) is 26.3 Å². The fourth-order valence-electron chi connectivity index (χ4n) is 0.643. The zero-order valence-electron chi connectivity index (χ0n) is 7.87. The van der Waals surface area contributed by atoms with Gasteiger partial charge in [0.1, 0.15) is 0 Å². The van der Waals surface area contributed by atoms with Crippen molar-refractivity contribution in [2.24, 2.45) is 0 Å². The normalized spacial score (nSPS) is 14.1. The Kier molecular flexibility index (Phi) is 4.21. The van der Waals surface area contributed by atoms with Gasteiger partial charge in [-0.1, -0.05) is 13.5 Å². The van der Waals surface area contributed by atoms with Crippen LogP contribution in [0.15, 0.2) is 12.7 Å². The van der Waals surface area contributed by atoms with Crippen molar-refractivity contribution in [1.29, 1.82) is 0 Å². The molecule has 7 heteroatoms. The Hall–Kier alpha value is -0.720. The number of rotatable bonds is 6. The molecule has 0 N–H and O–H groups in total. The minimum absolute atomic E-state index is 0.00529. The van der Waals surface area contributed by atoms with Gasteiger partial charge in [-0.05, 0) is 12.5 Å². The van der Waals surface area contributed by atoms with Gasteiger partial charge in [-0.3, -0.25) is 0 Å². The molecule has 90 valence electrons. The standard InChI is InChI=1S/C8H10F6O/c1-3-5-15-8(13,14)7(11,12)6(9,10)4-2/h4H,2-3,5H2,1H3. The highest BCUT2D eigenvalue weighted by Crippen LogP contribution is 2.46. The molecule has 0 saturated heterocycles. The van der Waals surface area contributed by atoms with Crippen LogP contribution in [0.4, 0.5) is 26.3 Å². The Morgan fingerprint density at radius 3 is 1.93 bits per heavy atom. The molecule has 0 aromatic carbocycles. The molecule has 0 aromatic heterocycles. The van der Waals surface area contributed by atoms with Gasteiger partial charge in [0.2, 0.25) is 0 Å². The Bertz CT molecular complexity index is 225. The minimum Gasteiger partial charge on any atom is -0.316 e. The Labute approximate surface area is 82.7 Å². The molecule has 0 unspecified atom stereocenters. The molecule has 0 bridgehead atoms. The third kappa shape index (κ3) is 2.64. The van der Waals surface area contributed by atoms with Crippen molar-refractivity contribution in [3.05, 3.63) is 12.7 Å². The van der Waals surface area contributed by atoms with Gasteiger partial charge in [-0.15, -0.1) is 0 Å². The van der Waals surface area contributed by atoms with E-state index in [1.165, 1.54) is 6.92 Å². The van der Waals surface area contributed by atoms with Crippen LogP contribution in [0.3, 0.4) is 0 Å². The van der Waals surface area contributed by atoms with E-state index in [4.69, 9.17) is 0 Å². The minimum atomic E-state index is -5.61. The number of halogens is 6. The summed E-state index contributed by atoms with van der Waals surface area (Å²) >= 11 is 0. The lowest BCUT2D eigenvalue weighted by molar-refractivity contribution is -0.389.